The SMILES string of the molecule is COc1ccc(CCCOC(=S)C2CCCN2S(=O)(=O)c2ccc(C)cc2)cc1. The van der Waals surface area contributed by atoms with Crippen LogP contribution in [0.4, 0.5) is 0 Å². The van der Waals surface area contributed by atoms with Crippen LogP contribution in [-0.4, -0.2) is 44.1 Å². The average molecular weight is 434 g/mol. The summed E-state index contributed by atoms with van der Waals surface area (Å²) in [5.41, 5.74) is 2.22. The minimum Gasteiger partial charge on any atom is -0.497 e. The Bertz CT molecular complexity index is 924. The van der Waals surface area contributed by atoms with Gasteiger partial charge < -0.3 is 9.47 Å². The molecular weight excluding hydrogens is 406 g/mol. The predicted molar refractivity (Wildman–Crippen MR) is 118 cm³/mol. The fourth-order valence-corrected chi connectivity index (χ4v) is 5.50. The van der Waals surface area contributed by atoms with Gasteiger partial charge in [-0.25, -0.2) is 8.42 Å². The molecule has 1 saturated heterocycles. The number of nitrogens with zero attached hydrogens (tertiary/aromatic N) is 1. The van der Waals surface area contributed by atoms with Gasteiger partial charge in [-0.3, -0.25) is 0 Å². The van der Waals surface area contributed by atoms with E-state index < -0.39 is 10.0 Å². The summed E-state index contributed by atoms with van der Waals surface area (Å²) in [7, 11) is -1.93. The van der Waals surface area contributed by atoms with Crippen LogP contribution in [0.5, 0.6) is 5.75 Å². The van der Waals surface area contributed by atoms with Gasteiger partial charge in [0.25, 0.3) is 0 Å². The Morgan fingerprint density at radius 3 is 2.48 bits per heavy atom. The second-order valence-electron chi connectivity index (χ2n) is 7.21. The van der Waals surface area contributed by atoms with Crippen molar-refractivity contribution in [1.29, 1.82) is 0 Å². The number of sulfonamides is 1. The van der Waals surface area contributed by atoms with E-state index in [1.165, 1.54) is 9.87 Å². The predicted octanol–water partition coefficient (Wildman–Crippen LogP) is 4.13. The highest BCUT2D eigenvalue weighted by Crippen LogP contribution is 2.27. The van der Waals surface area contributed by atoms with Gasteiger partial charge in [-0.05, 0) is 74.7 Å². The first-order valence-corrected chi connectivity index (χ1v) is 11.6. The van der Waals surface area contributed by atoms with Gasteiger partial charge in [0, 0.05) is 6.54 Å². The maximum atomic E-state index is 13.0. The van der Waals surface area contributed by atoms with Gasteiger partial charge in [-0.1, -0.05) is 29.8 Å². The van der Waals surface area contributed by atoms with E-state index in [-0.39, 0.29) is 6.04 Å². The first kappa shape index (κ1) is 21.7. The van der Waals surface area contributed by atoms with Crippen molar-refractivity contribution in [3.8, 4) is 5.75 Å². The zero-order chi connectivity index (χ0) is 20.9. The Balaban J connectivity index is 1.54. The van der Waals surface area contributed by atoms with Crippen molar-refractivity contribution in [2.75, 3.05) is 20.3 Å². The second kappa shape index (κ2) is 9.69. The van der Waals surface area contributed by atoms with Crippen molar-refractivity contribution in [3.05, 3.63) is 59.7 Å². The van der Waals surface area contributed by atoms with Crippen LogP contribution < -0.4 is 4.74 Å². The van der Waals surface area contributed by atoms with Crippen LogP contribution in [0.2, 0.25) is 0 Å². The molecule has 0 N–H and O–H groups in total. The van der Waals surface area contributed by atoms with Gasteiger partial charge in [0.15, 0.2) is 5.05 Å². The van der Waals surface area contributed by atoms with Crippen molar-refractivity contribution in [2.24, 2.45) is 0 Å². The lowest BCUT2D eigenvalue weighted by molar-refractivity contribution is 0.277. The van der Waals surface area contributed by atoms with Crippen LogP contribution in [0.3, 0.4) is 0 Å². The Morgan fingerprint density at radius 2 is 1.83 bits per heavy atom. The van der Waals surface area contributed by atoms with E-state index in [4.69, 9.17) is 21.7 Å². The average Bonchev–Trinajstić information content (AvgIpc) is 3.23. The van der Waals surface area contributed by atoms with Gasteiger partial charge in [-0.15, -0.1) is 0 Å². The summed E-state index contributed by atoms with van der Waals surface area (Å²) in [6.07, 6.45) is 3.15. The molecule has 0 radical (unpaired) electrons. The summed E-state index contributed by atoms with van der Waals surface area (Å²) >= 11 is 5.45. The third-order valence-electron chi connectivity index (χ3n) is 5.12. The number of ether oxygens (including phenoxy) is 2. The van der Waals surface area contributed by atoms with Crippen LogP contribution in [-0.2, 0) is 21.2 Å². The molecule has 0 bridgehead atoms. The lowest BCUT2D eigenvalue weighted by Crippen LogP contribution is -2.40. The summed E-state index contributed by atoms with van der Waals surface area (Å²) in [6.45, 7) is 2.87. The number of rotatable bonds is 8. The number of thiocarbonyl (C=S) groups is 1. The summed E-state index contributed by atoms with van der Waals surface area (Å²) in [6, 6.07) is 14.5. The van der Waals surface area contributed by atoms with Crippen LogP contribution in [0.25, 0.3) is 0 Å². The fraction of sp³-hybridized carbons (Fsp3) is 0.409. The molecule has 29 heavy (non-hydrogen) atoms. The van der Waals surface area contributed by atoms with Crippen molar-refractivity contribution < 1.29 is 17.9 Å². The van der Waals surface area contributed by atoms with Gasteiger partial charge in [0.2, 0.25) is 10.0 Å². The molecule has 1 aliphatic heterocycles. The van der Waals surface area contributed by atoms with E-state index in [1.807, 2.05) is 43.3 Å². The molecule has 0 spiro atoms. The molecule has 0 aromatic heterocycles. The molecule has 0 aliphatic carbocycles. The normalized spacial score (nSPS) is 17.2. The third-order valence-corrected chi connectivity index (χ3v) is 7.43. The van der Waals surface area contributed by atoms with E-state index >= 15 is 0 Å². The van der Waals surface area contributed by atoms with Crippen LogP contribution in [0, 0.1) is 6.92 Å². The highest BCUT2D eigenvalue weighted by molar-refractivity contribution is 7.89. The lowest BCUT2D eigenvalue weighted by atomic mass is 10.1. The van der Waals surface area contributed by atoms with E-state index in [0.717, 1.165) is 30.6 Å². The molecule has 156 valence electrons. The first-order chi connectivity index (χ1) is 13.9. The van der Waals surface area contributed by atoms with Crippen molar-refractivity contribution in [1.82, 2.24) is 4.31 Å². The van der Waals surface area contributed by atoms with Crippen molar-refractivity contribution in [2.45, 2.75) is 43.5 Å². The largest absolute Gasteiger partial charge is 0.497 e. The summed E-state index contributed by atoms with van der Waals surface area (Å²) in [5.74, 6) is 0.835. The zero-order valence-corrected chi connectivity index (χ0v) is 18.5. The maximum absolute atomic E-state index is 13.0. The quantitative estimate of drug-likeness (QED) is 0.463. The molecule has 0 saturated carbocycles. The van der Waals surface area contributed by atoms with Crippen molar-refractivity contribution in [3.63, 3.8) is 0 Å². The zero-order valence-electron chi connectivity index (χ0n) is 16.8. The molecular formula is C22H27NO4S2. The number of benzene rings is 2. The van der Waals surface area contributed by atoms with E-state index in [1.54, 1.807) is 19.2 Å². The molecule has 3 rings (SSSR count). The molecule has 2 aromatic carbocycles. The summed E-state index contributed by atoms with van der Waals surface area (Å²) in [5, 5.41) is 0.368. The number of methoxy groups -OCH3 is 1. The number of aryl methyl sites for hydroxylation is 2. The van der Waals surface area contributed by atoms with Crippen LogP contribution in [0.15, 0.2) is 53.4 Å². The molecule has 0 amide bonds. The van der Waals surface area contributed by atoms with E-state index in [0.29, 0.717) is 29.5 Å². The van der Waals surface area contributed by atoms with E-state index in [9.17, 15) is 8.42 Å². The molecule has 7 heteroatoms. The molecule has 2 aromatic rings. The topological polar surface area (TPSA) is 55.8 Å². The third kappa shape index (κ3) is 5.35. The molecule has 1 aliphatic rings. The highest BCUT2D eigenvalue weighted by atomic mass is 32.2. The van der Waals surface area contributed by atoms with Gasteiger partial charge in [0.1, 0.15) is 5.75 Å². The second-order valence-corrected chi connectivity index (χ2v) is 9.50. The molecule has 1 fully saturated rings. The standard InChI is InChI=1S/C22H27NO4S2/c1-17-7-13-20(14-8-17)29(24,25)23-15-3-6-21(23)22(28)27-16-4-5-18-9-11-19(26-2)12-10-18/h7-14,21H,3-6,15-16H2,1-2H3. The Kier molecular flexibility index (Phi) is 7.27. The van der Waals surface area contributed by atoms with Crippen LogP contribution >= 0.6 is 12.2 Å². The highest BCUT2D eigenvalue weighted by Gasteiger charge is 2.38. The van der Waals surface area contributed by atoms with Gasteiger partial charge in [-0.2, -0.15) is 4.31 Å². The molecule has 5 nitrogen and oxygen atoms in total. The van der Waals surface area contributed by atoms with Crippen LogP contribution in [0.1, 0.15) is 30.4 Å². The number of hydrogen-bond donors (Lipinski definition) is 0. The minimum atomic E-state index is -3.58. The minimum absolute atomic E-state index is 0.303. The summed E-state index contributed by atoms with van der Waals surface area (Å²) < 4.78 is 38.5. The Hall–Kier alpha value is -1.96. The van der Waals surface area contributed by atoms with Gasteiger partial charge >= 0.3 is 0 Å². The fourth-order valence-electron chi connectivity index (χ4n) is 3.45. The Morgan fingerprint density at radius 1 is 1.14 bits per heavy atom. The Labute approximate surface area is 178 Å². The van der Waals surface area contributed by atoms with Crippen molar-refractivity contribution >= 4 is 27.3 Å². The van der Waals surface area contributed by atoms with Gasteiger partial charge in [0.05, 0.1) is 24.7 Å². The maximum Gasteiger partial charge on any atom is 0.243 e. The molecule has 1 atom stereocenters. The van der Waals surface area contributed by atoms with E-state index in [2.05, 4.69) is 0 Å². The molecule has 1 unspecified atom stereocenters. The summed E-state index contributed by atoms with van der Waals surface area (Å²) in [4.78, 5) is 0.303. The number of hydrogen-bond acceptors (Lipinski definition) is 5. The smallest absolute Gasteiger partial charge is 0.243 e. The monoisotopic (exact) mass is 433 g/mol. The molecule has 1 heterocycles. The first-order valence-electron chi connectivity index (χ1n) is 9.80. The lowest BCUT2D eigenvalue weighted by Gasteiger charge is -2.24.